The van der Waals surface area contributed by atoms with Gasteiger partial charge in [0.2, 0.25) is 43.0 Å². The molecule has 112 heavy (non-hydrogen) atoms. The number of carboxylic acids is 2. The topological polar surface area (TPSA) is 679 Å². The molecular formula is C54H82N4O47S7-8. The predicted molar refractivity (Wildman–Crippen MR) is 342 cm³/mol. The average molecular weight is 1760 g/mol. The maximum absolute atomic E-state index is 13.9. The summed E-state index contributed by atoms with van der Waals surface area (Å²) in [6.45, 7) is -1.98. The second-order valence-corrected chi connectivity index (χ2v) is 30.6. The van der Waals surface area contributed by atoms with Gasteiger partial charge < -0.3 is 146 Å². The zero-order chi connectivity index (χ0) is 82.2. The number of carboxylic acid groups (broad SMARTS) is 2. The first-order valence-corrected chi connectivity index (χ1v) is 40.3. The minimum absolute atomic E-state index is 0.0414. The quantitative estimate of drug-likeness (QED) is 0.00836. The van der Waals surface area contributed by atoms with Crippen molar-refractivity contribution in [3.05, 3.63) is 0 Å². The summed E-state index contributed by atoms with van der Waals surface area (Å²) >= 11 is 0.900. The van der Waals surface area contributed by atoms with Crippen LogP contribution in [0.25, 0.3) is 0 Å². The van der Waals surface area contributed by atoms with Crippen LogP contribution < -0.4 is 47.3 Å². The van der Waals surface area contributed by atoms with Crippen molar-refractivity contribution in [2.75, 3.05) is 81.9 Å². The zero-order valence-electron chi connectivity index (χ0n) is 59.9. The normalized spacial score (nSPS) is 35.9. The van der Waals surface area contributed by atoms with Crippen LogP contribution in [0, 0.1) is 5.92 Å². The molecular weight excluding hydrogens is 1680 g/mol. The van der Waals surface area contributed by atoms with Gasteiger partial charge in [-0.3, -0.25) is 49.8 Å². The van der Waals surface area contributed by atoms with Gasteiger partial charge in [-0.25, -0.2) is 30.0 Å². The van der Waals surface area contributed by atoms with Crippen LogP contribution in [0.15, 0.2) is 0 Å². The molecule has 0 aromatic carbocycles. The van der Waals surface area contributed by atoms with Crippen molar-refractivity contribution in [1.82, 2.24) is 21.3 Å². The van der Waals surface area contributed by atoms with Gasteiger partial charge in [0, 0.05) is 86.1 Å². The maximum atomic E-state index is 13.9. The Morgan fingerprint density at radius 1 is 0.482 bits per heavy atom. The van der Waals surface area contributed by atoms with Gasteiger partial charge in [-0.15, -0.1) is 13.0 Å². The molecule has 0 aromatic heterocycles. The molecule has 7 aliphatic rings. The van der Waals surface area contributed by atoms with Crippen molar-refractivity contribution in [3.8, 4) is 0 Å². The molecule has 7 aliphatic heterocycles. The summed E-state index contributed by atoms with van der Waals surface area (Å²) in [7, 11) is -9.66. The fourth-order valence-corrected chi connectivity index (χ4v) is 16.9. The molecule has 0 spiro atoms. The third-order valence-corrected chi connectivity index (χ3v) is 22.3. The fourth-order valence-electron chi connectivity index (χ4n) is 13.4. The number of methoxy groups -OCH3 is 7. The number of amides is 4. The zero-order valence-corrected chi connectivity index (χ0v) is 65.6. The first kappa shape index (κ1) is 96.2. The maximum Gasteiger partial charge on any atom is 0.315 e. The van der Waals surface area contributed by atoms with Crippen molar-refractivity contribution in [2.45, 2.75) is 223 Å². The van der Waals surface area contributed by atoms with Gasteiger partial charge in [-0.2, -0.15) is 11.8 Å². The van der Waals surface area contributed by atoms with Crippen molar-refractivity contribution in [1.29, 1.82) is 0 Å². The molecule has 58 heteroatoms. The van der Waals surface area contributed by atoms with E-state index < -0.39 is 234 Å². The Hall–Kier alpha value is -2.96. The predicted octanol–water partition coefficient (Wildman–Crippen LogP) is -9.14. The van der Waals surface area contributed by atoms with Crippen LogP contribution in [0.3, 0.4) is 0 Å². The molecule has 28 atom stereocenters. The van der Waals surface area contributed by atoms with Crippen LogP contribution in [-0.4, -0.2) is 315 Å². The number of carbonyl (C=O) groups excluding carboxylic acids is 5. The monoisotopic (exact) mass is 1760 g/mol. The van der Waals surface area contributed by atoms with Crippen LogP contribution in [0.5, 0.6) is 0 Å². The Balaban J connectivity index is 1.14. The molecule has 0 aromatic rings. The summed E-state index contributed by atoms with van der Waals surface area (Å²) in [5.74, 6) is -5.38. The van der Waals surface area contributed by atoms with Crippen molar-refractivity contribution >= 4 is 110 Å². The summed E-state index contributed by atoms with van der Waals surface area (Å²) in [6.07, 6.45) is -42.8. The number of rotatable bonds is 50. The van der Waals surface area contributed by atoms with E-state index in [0.717, 1.165) is 61.3 Å². The SMILES string of the molecule is COC1C(OC)[C@H](O[C@H]2O[C@@H](COS(=O)(=O)[O-])[C@@H](O[C@@H]3OC(C(=O)[O-])[C@@H](O[C@@H]4OC(COS(=O)(=O)[O-])[C@@H](C)[C@H](OC)C4NC(=O)CCCCCNC(=O)CCCCC4SCC5NC(=O)NC54)[C@H](OC)C3OC)C(OSOO[O-])C2OSOO[O-])[C@H](C(=O)[O-])O[C@@H]1O[C@@H]1C(COS(=O)(=O)[O-])O[C@H](OC)C(OSOO[O-])[C@H]1OC. The van der Waals surface area contributed by atoms with Gasteiger partial charge in [-0.1, -0.05) is 19.8 Å². The second kappa shape index (κ2) is 46.6. The van der Waals surface area contributed by atoms with Gasteiger partial charge in [-0.05, 0) is 25.7 Å². The first-order valence-electron chi connectivity index (χ1n) is 33.2. The van der Waals surface area contributed by atoms with Crippen LogP contribution in [0.4, 0.5) is 4.79 Å². The summed E-state index contributed by atoms with van der Waals surface area (Å²) in [4.78, 5) is 65.3. The number of carbonyl (C=O) groups is 5. The number of urea groups is 1. The molecule has 7 saturated heterocycles. The summed E-state index contributed by atoms with van der Waals surface area (Å²) in [5.41, 5.74) is 0. The van der Waals surface area contributed by atoms with E-state index in [9.17, 15) is 88.9 Å². The minimum atomic E-state index is -5.85. The lowest BCUT2D eigenvalue weighted by atomic mass is 9.88. The van der Waals surface area contributed by atoms with E-state index in [1.165, 1.54) is 14.0 Å². The molecule has 13 unspecified atom stereocenters. The highest BCUT2D eigenvalue weighted by molar-refractivity contribution is 8.00. The molecule has 0 saturated carbocycles. The highest BCUT2D eigenvalue weighted by Gasteiger charge is 2.60. The highest BCUT2D eigenvalue weighted by atomic mass is 32.3. The van der Waals surface area contributed by atoms with E-state index >= 15 is 0 Å². The molecule has 51 nitrogen and oxygen atoms in total. The molecule has 650 valence electrons. The summed E-state index contributed by atoms with van der Waals surface area (Å²) in [6, 6.07) is -1.55. The molecule has 0 aliphatic carbocycles. The highest BCUT2D eigenvalue weighted by Crippen LogP contribution is 2.43. The Kier molecular flexibility index (Phi) is 40.0. The van der Waals surface area contributed by atoms with E-state index in [0.29, 0.717) is 19.3 Å². The molecule has 7 heterocycles. The number of unbranched alkanes of at least 4 members (excludes halogenated alkanes) is 3. The van der Waals surface area contributed by atoms with Crippen LogP contribution in [-0.2, 0) is 179 Å². The van der Waals surface area contributed by atoms with Crippen molar-refractivity contribution < 1.29 is 218 Å². The number of ether oxygens (including phenoxy) is 16. The second-order valence-electron chi connectivity index (χ2n) is 24.8. The van der Waals surface area contributed by atoms with Gasteiger partial charge in [0.15, 0.2) is 80.6 Å². The van der Waals surface area contributed by atoms with Gasteiger partial charge in [0.05, 0.1) is 56.1 Å². The molecule has 4 N–H and O–H groups in total. The van der Waals surface area contributed by atoms with Gasteiger partial charge in [0.1, 0.15) is 91.5 Å². The van der Waals surface area contributed by atoms with Crippen LogP contribution in [0.1, 0.15) is 58.3 Å². The third-order valence-electron chi connectivity index (χ3n) is 18.3. The lowest BCUT2D eigenvalue weighted by Gasteiger charge is -2.52. The average Bonchev–Trinajstić information content (AvgIpc) is 0.887. The fraction of sp³-hybridized carbons (Fsp3) is 0.907. The Morgan fingerprint density at radius 3 is 1.38 bits per heavy atom. The molecule has 0 radical (unpaired) electrons. The smallest absolute Gasteiger partial charge is 0.315 e. The Bertz CT molecular complexity index is 3270. The van der Waals surface area contributed by atoms with E-state index in [2.05, 4.69) is 61.9 Å². The van der Waals surface area contributed by atoms with Crippen molar-refractivity contribution in [2.24, 2.45) is 5.92 Å². The van der Waals surface area contributed by atoms with E-state index in [-0.39, 0.29) is 79.7 Å². The largest absolute Gasteiger partial charge is 0.726 e. The number of aliphatic carboxylic acids is 2. The molecule has 7 fully saturated rings. The lowest BCUT2D eigenvalue weighted by molar-refractivity contribution is -0.778. The minimum Gasteiger partial charge on any atom is -0.726 e. The summed E-state index contributed by atoms with van der Waals surface area (Å²) in [5, 5.41) is 82.0. The summed E-state index contributed by atoms with van der Waals surface area (Å²) < 4.78 is 245. The molecule has 4 amide bonds. The number of hydrogen-bond donors (Lipinski definition) is 4. The number of hydrogen-bond acceptors (Lipinski definition) is 51. The Morgan fingerprint density at radius 2 is 0.902 bits per heavy atom. The lowest BCUT2D eigenvalue weighted by Crippen LogP contribution is -2.70. The van der Waals surface area contributed by atoms with Crippen LogP contribution >= 0.6 is 48.7 Å². The van der Waals surface area contributed by atoms with E-state index in [4.69, 9.17) is 88.3 Å². The standard InChI is InChI=1S/C54H90N4O47S7/c1-22-24(18-85-110(69,70)71)88-49(31(32(22)78-2)57-29(60)16-10-9-13-17-55-28(59)15-12-11-14-27-30-23(21-106-27)56-54(65)58-30)93-38-36(80-4)43(82-6)52(95-41(38)47(61)62)92-34-26(20-87-112(75,76)77)90-53(46(99-109-105-102-68)40(34)97-107-103-100-66)94-39-37(81-5)44(83-7)51(96-42(39)48(63)64)91-33-25(19-86-111(72,73)74)89-50(84-8)45(35(33)79-3)98-108-104-101-67/h22-27,30-46,49-53,66-68H,9-21H2,1-8H3,(H,55,59)(H,57,60)(H,61,62)(H,63,64)(H2,56,58,65)(H,69,70,71)(H,72,73,74)(H,75,76,77)/p-8/t22-,23?,24?,25?,26+,27?,30?,31?,32+,33-,34-,35+,36+,37?,38+,39+,40?,41?,42-,43?,44?,45?,46?,49+,50+,51+,52-,53-/m1/s1. The van der Waals surface area contributed by atoms with Gasteiger partial charge >= 0.3 is 6.03 Å². The first-order chi connectivity index (χ1) is 53.3. The van der Waals surface area contributed by atoms with Crippen molar-refractivity contribution in [3.63, 3.8) is 0 Å². The van der Waals surface area contributed by atoms with E-state index in [1.54, 1.807) is 11.8 Å². The molecule has 0 bridgehead atoms. The molecule has 7 rings (SSSR count). The number of nitrogens with one attached hydrogen (secondary N) is 4. The third kappa shape index (κ3) is 27.5. The van der Waals surface area contributed by atoms with Gasteiger partial charge in [0.25, 0.3) is 0 Å². The van der Waals surface area contributed by atoms with E-state index in [1.807, 2.05) is 0 Å². The Labute approximate surface area is 656 Å². The number of thioether (sulfide) groups is 1. The number of fused-ring (bicyclic) bond motifs is 1. The van der Waals surface area contributed by atoms with Crippen LogP contribution in [0.2, 0.25) is 0 Å².